The Hall–Kier alpha value is -6.27. The number of hydrogen-bond donors (Lipinski definition) is 0. The minimum Gasteiger partial charge on any atom is -0.462 e. The van der Waals surface area contributed by atoms with Crippen molar-refractivity contribution in [3.63, 3.8) is 0 Å². The fourth-order valence-corrected chi connectivity index (χ4v) is 7.78. The van der Waals surface area contributed by atoms with Crippen molar-refractivity contribution in [2.24, 2.45) is 0 Å². The second-order valence-electron chi connectivity index (χ2n) is 20.2. The number of carbonyl (C=O) groups excluding carboxylic acids is 3. The normalized spacial score (nSPS) is 13.6. The summed E-state index contributed by atoms with van der Waals surface area (Å²) in [4.78, 5) is 38.3. The molecule has 0 aliphatic rings. The highest BCUT2D eigenvalue weighted by Gasteiger charge is 2.19. The zero-order valence-corrected chi connectivity index (χ0v) is 52.4. The minimum absolute atomic E-state index is 0.150. The van der Waals surface area contributed by atoms with Crippen molar-refractivity contribution in [1.29, 1.82) is 0 Å². The van der Waals surface area contributed by atoms with Crippen LogP contribution >= 0.6 is 0 Å². The van der Waals surface area contributed by atoms with Crippen LogP contribution in [0.1, 0.15) is 226 Å². The van der Waals surface area contributed by atoms with Gasteiger partial charge in [-0.1, -0.05) is 272 Å². The summed E-state index contributed by atoms with van der Waals surface area (Å²) in [5.74, 6) is -1.11. The average molecular weight is 1140 g/mol. The molecule has 83 heavy (non-hydrogen) atoms. The zero-order valence-electron chi connectivity index (χ0n) is 52.4. The van der Waals surface area contributed by atoms with Gasteiger partial charge in [0.2, 0.25) is 0 Å². The van der Waals surface area contributed by atoms with Crippen LogP contribution in [-0.4, -0.2) is 37.2 Å². The highest BCUT2D eigenvalue weighted by Crippen LogP contribution is 2.13. The van der Waals surface area contributed by atoms with Crippen LogP contribution < -0.4 is 0 Å². The molecule has 0 saturated heterocycles. The van der Waals surface area contributed by atoms with Crippen molar-refractivity contribution in [1.82, 2.24) is 0 Å². The lowest BCUT2D eigenvalue weighted by Crippen LogP contribution is -2.30. The van der Waals surface area contributed by atoms with E-state index in [0.29, 0.717) is 12.8 Å². The summed E-state index contributed by atoms with van der Waals surface area (Å²) < 4.78 is 16.8. The average Bonchev–Trinajstić information content (AvgIpc) is 3.49. The van der Waals surface area contributed by atoms with Gasteiger partial charge in [-0.2, -0.15) is 0 Å². The van der Waals surface area contributed by atoms with Gasteiger partial charge in [0.15, 0.2) is 6.10 Å². The van der Waals surface area contributed by atoms with Crippen LogP contribution in [0.25, 0.3) is 0 Å². The van der Waals surface area contributed by atoms with E-state index in [0.717, 1.165) is 154 Å². The maximum absolute atomic E-state index is 12.9. The zero-order chi connectivity index (χ0) is 59.9. The Labute approximate surface area is 508 Å². The summed E-state index contributed by atoms with van der Waals surface area (Å²) in [5.41, 5.74) is 0. The maximum atomic E-state index is 12.9. The van der Waals surface area contributed by atoms with Gasteiger partial charge in [0, 0.05) is 19.3 Å². The molecule has 0 spiro atoms. The van der Waals surface area contributed by atoms with Gasteiger partial charge in [-0.25, -0.2) is 0 Å². The predicted molar refractivity (Wildman–Crippen MR) is 361 cm³/mol. The summed E-state index contributed by atoms with van der Waals surface area (Å²) in [6.07, 6.45) is 107. The summed E-state index contributed by atoms with van der Waals surface area (Å²) in [5, 5.41) is 0. The van der Waals surface area contributed by atoms with E-state index in [-0.39, 0.29) is 50.4 Å². The van der Waals surface area contributed by atoms with E-state index in [1.54, 1.807) is 0 Å². The molecule has 0 bridgehead atoms. The molecule has 0 radical (unpaired) electrons. The highest BCUT2D eigenvalue weighted by atomic mass is 16.6. The van der Waals surface area contributed by atoms with Gasteiger partial charge in [-0.3, -0.25) is 14.4 Å². The molecule has 0 rings (SSSR count). The van der Waals surface area contributed by atoms with Crippen LogP contribution in [0.2, 0.25) is 0 Å². The maximum Gasteiger partial charge on any atom is 0.306 e. The Balaban J connectivity index is 4.66. The molecule has 0 aromatic carbocycles. The molecule has 6 heteroatoms. The quantitative estimate of drug-likeness (QED) is 0.0261. The molecule has 6 nitrogen and oxygen atoms in total. The molecule has 0 heterocycles. The van der Waals surface area contributed by atoms with Crippen LogP contribution in [0.5, 0.6) is 0 Å². The molecule has 0 aliphatic heterocycles. The molecule has 458 valence electrons. The molecule has 1 atom stereocenters. The van der Waals surface area contributed by atoms with Gasteiger partial charge in [0.25, 0.3) is 0 Å². The van der Waals surface area contributed by atoms with Gasteiger partial charge >= 0.3 is 17.9 Å². The summed E-state index contributed by atoms with van der Waals surface area (Å²) >= 11 is 0. The Morgan fingerprint density at radius 3 is 0.783 bits per heavy atom. The third kappa shape index (κ3) is 66.4. The lowest BCUT2D eigenvalue weighted by atomic mass is 10.1. The molecule has 0 aliphatic carbocycles. The first-order valence-corrected chi connectivity index (χ1v) is 32.2. The van der Waals surface area contributed by atoms with Gasteiger partial charge in [-0.05, 0) is 154 Å². The lowest BCUT2D eigenvalue weighted by molar-refractivity contribution is -0.166. The Morgan fingerprint density at radius 2 is 0.470 bits per heavy atom. The second-order valence-corrected chi connectivity index (χ2v) is 20.2. The summed E-state index contributed by atoms with van der Waals surface area (Å²) in [6.45, 7) is 6.16. The van der Waals surface area contributed by atoms with Gasteiger partial charge in [-0.15, -0.1) is 0 Å². The van der Waals surface area contributed by atoms with Crippen LogP contribution in [-0.2, 0) is 28.6 Å². The molecular formula is C77H114O6. The largest absolute Gasteiger partial charge is 0.462 e. The van der Waals surface area contributed by atoms with Gasteiger partial charge in [0.1, 0.15) is 13.2 Å². The van der Waals surface area contributed by atoms with Crippen LogP contribution in [0.15, 0.2) is 219 Å². The molecular weight excluding hydrogens is 1020 g/mol. The van der Waals surface area contributed by atoms with Crippen LogP contribution in [0.3, 0.4) is 0 Å². The predicted octanol–water partition coefficient (Wildman–Crippen LogP) is 22.5. The number of rotatable bonds is 55. The Morgan fingerprint density at radius 1 is 0.241 bits per heavy atom. The minimum atomic E-state index is -0.856. The third-order valence-electron chi connectivity index (χ3n) is 12.5. The van der Waals surface area contributed by atoms with Crippen molar-refractivity contribution in [3.8, 4) is 0 Å². The number of carbonyl (C=O) groups is 3. The number of esters is 3. The Bertz CT molecular complexity index is 2080. The van der Waals surface area contributed by atoms with Crippen LogP contribution in [0.4, 0.5) is 0 Å². The fourth-order valence-electron chi connectivity index (χ4n) is 7.78. The molecule has 0 amide bonds. The first-order valence-electron chi connectivity index (χ1n) is 32.2. The number of hydrogen-bond acceptors (Lipinski definition) is 6. The van der Waals surface area contributed by atoms with E-state index in [9.17, 15) is 14.4 Å². The molecule has 0 aromatic rings. The van der Waals surface area contributed by atoms with Crippen molar-refractivity contribution >= 4 is 17.9 Å². The topological polar surface area (TPSA) is 78.9 Å². The number of allylic oxidation sites excluding steroid dienone is 36. The third-order valence-corrected chi connectivity index (χ3v) is 12.5. The van der Waals surface area contributed by atoms with Crippen LogP contribution in [0, 0.1) is 0 Å². The van der Waals surface area contributed by atoms with E-state index in [2.05, 4.69) is 227 Å². The number of unbranched alkanes of at least 4 members (excludes halogenated alkanes) is 8. The summed E-state index contributed by atoms with van der Waals surface area (Å²) in [6, 6.07) is 0. The molecule has 0 N–H and O–H groups in total. The first kappa shape index (κ1) is 76.7. The number of ether oxygens (including phenoxy) is 3. The molecule has 1 unspecified atom stereocenters. The van der Waals surface area contributed by atoms with E-state index in [1.165, 1.54) is 19.3 Å². The first-order chi connectivity index (χ1) is 41.0. The Kier molecular flexibility index (Phi) is 63.1. The smallest absolute Gasteiger partial charge is 0.306 e. The van der Waals surface area contributed by atoms with E-state index >= 15 is 0 Å². The van der Waals surface area contributed by atoms with E-state index in [1.807, 2.05) is 12.2 Å². The van der Waals surface area contributed by atoms with Crippen molar-refractivity contribution in [2.45, 2.75) is 232 Å². The molecule has 0 fully saturated rings. The second kappa shape index (κ2) is 68.2. The van der Waals surface area contributed by atoms with Crippen molar-refractivity contribution in [3.05, 3.63) is 219 Å². The monoisotopic (exact) mass is 1130 g/mol. The standard InChI is InChI=1S/C77H114O6/c1-4-7-10-13-16-19-22-25-28-31-34-36-38-40-43-46-49-52-55-58-61-64-67-70-76(79)82-73-74(72-81-75(78)69-66-63-60-57-54-51-48-45-42-33-30-27-24-21-18-15-12-9-6-3)83-77(80)71-68-65-62-59-56-53-50-47-44-41-39-37-35-32-29-26-23-20-17-14-11-8-5-2/h7-12,16-21,25-30,34-37,40-45,49,51-52,54,58,60-61,63,74H,4-6,13-15,22-24,31-33,38-39,46-48,50,53,55-57,59,62,64-73H2,1-3H3/b10-7-,11-8-,12-9-,19-16-,20-17-,21-18-,28-25-,29-26-,30-27-,36-34-,37-35-,43-40-,44-41-,45-42-,52-49-,54-51-,61-58-,63-60-. The summed E-state index contributed by atoms with van der Waals surface area (Å²) in [7, 11) is 0. The van der Waals surface area contributed by atoms with E-state index < -0.39 is 6.10 Å². The lowest BCUT2D eigenvalue weighted by Gasteiger charge is -2.18. The van der Waals surface area contributed by atoms with Crippen molar-refractivity contribution < 1.29 is 28.6 Å². The molecule has 0 saturated carbocycles. The highest BCUT2D eigenvalue weighted by molar-refractivity contribution is 5.71. The van der Waals surface area contributed by atoms with E-state index in [4.69, 9.17) is 14.2 Å². The van der Waals surface area contributed by atoms with Gasteiger partial charge < -0.3 is 14.2 Å². The van der Waals surface area contributed by atoms with Gasteiger partial charge in [0.05, 0.1) is 0 Å². The van der Waals surface area contributed by atoms with Crippen molar-refractivity contribution in [2.75, 3.05) is 13.2 Å². The SMILES string of the molecule is CC/C=C\C/C=C\C/C=C\C/C=C\C/C=C\C/C=C\C/C=C\CCCC(=O)OCC(COC(=O)CC/C=C\C/C=C\C/C=C\C/C=C\C/C=C\C/C=C\CC)OC(=O)CCCCCCCCC/C=C\C/C=C\C/C=C\C/C=C\C/C=C\CC. The molecule has 0 aromatic heterocycles. The fraction of sp³-hybridized carbons (Fsp3) is 0.494.